The lowest BCUT2D eigenvalue weighted by atomic mass is 10.0. The zero-order valence-electron chi connectivity index (χ0n) is 11.5. The molecule has 1 saturated carbocycles. The molecule has 0 aliphatic heterocycles. The van der Waals surface area contributed by atoms with E-state index in [1.54, 1.807) is 0 Å². The minimum atomic E-state index is -0.835. The van der Waals surface area contributed by atoms with Gasteiger partial charge in [0.05, 0.1) is 6.04 Å². The Morgan fingerprint density at radius 2 is 1.90 bits per heavy atom. The van der Waals surface area contributed by atoms with Crippen molar-refractivity contribution >= 4 is 11.9 Å². The predicted octanol–water partition coefficient (Wildman–Crippen LogP) is 2.90. The van der Waals surface area contributed by atoms with Gasteiger partial charge in [-0.25, -0.2) is 0 Å². The minimum Gasteiger partial charge on any atom is -0.481 e. The predicted molar refractivity (Wildman–Crippen MR) is 76.2 cm³/mol. The number of carboxylic acid groups (broad SMARTS) is 1. The third kappa shape index (κ3) is 5.03. The molecule has 0 bridgehead atoms. The maximum atomic E-state index is 11.9. The third-order valence-electron chi connectivity index (χ3n) is 3.66. The van der Waals surface area contributed by atoms with Gasteiger partial charge in [-0.2, -0.15) is 0 Å². The van der Waals surface area contributed by atoms with E-state index in [-0.39, 0.29) is 18.4 Å². The number of hydrogen-bond donors (Lipinski definition) is 2. The summed E-state index contributed by atoms with van der Waals surface area (Å²) in [4.78, 5) is 22.7. The summed E-state index contributed by atoms with van der Waals surface area (Å²) in [5.41, 5.74) is 0.966. The molecule has 1 aliphatic rings. The highest BCUT2D eigenvalue weighted by Crippen LogP contribution is 2.33. The Morgan fingerprint density at radius 3 is 2.50 bits per heavy atom. The van der Waals surface area contributed by atoms with E-state index in [1.165, 1.54) is 12.8 Å². The van der Waals surface area contributed by atoms with Crippen LogP contribution in [0.4, 0.5) is 0 Å². The molecule has 1 aromatic rings. The van der Waals surface area contributed by atoms with Gasteiger partial charge < -0.3 is 10.4 Å². The second kappa shape index (κ2) is 7.08. The first kappa shape index (κ1) is 14.6. The first-order valence-electron chi connectivity index (χ1n) is 7.21. The number of carbonyl (C=O) groups excluding carboxylic acids is 1. The van der Waals surface area contributed by atoms with E-state index in [9.17, 15) is 9.59 Å². The van der Waals surface area contributed by atoms with Crippen LogP contribution in [0.3, 0.4) is 0 Å². The maximum Gasteiger partial charge on any atom is 0.303 e. The van der Waals surface area contributed by atoms with Crippen molar-refractivity contribution in [1.29, 1.82) is 0 Å². The van der Waals surface area contributed by atoms with Gasteiger partial charge in [0.1, 0.15) is 0 Å². The number of carbonyl (C=O) groups is 2. The van der Waals surface area contributed by atoms with Gasteiger partial charge in [-0.15, -0.1) is 0 Å². The summed E-state index contributed by atoms with van der Waals surface area (Å²) >= 11 is 0. The van der Waals surface area contributed by atoms with E-state index in [0.29, 0.717) is 12.8 Å². The quantitative estimate of drug-likeness (QED) is 0.766. The van der Waals surface area contributed by atoms with Crippen LogP contribution in [-0.2, 0) is 9.59 Å². The Balaban J connectivity index is 1.90. The van der Waals surface area contributed by atoms with Gasteiger partial charge >= 0.3 is 5.97 Å². The summed E-state index contributed by atoms with van der Waals surface area (Å²) in [6.45, 7) is 0. The fourth-order valence-electron chi connectivity index (χ4n) is 2.28. The maximum absolute atomic E-state index is 11.9. The number of hydrogen-bond acceptors (Lipinski definition) is 2. The molecular formula is C16H21NO3. The molecule has 0 radical (unpaired) electrons. The highest BCUT2D eigenvalue weighted by atomic mass is 16.4. The standard InChI is InChI=1S/C16H21NO3/c18-15(10-8-12-6-7-12)17-14(9-11-16(19)20)13-4-2-1-3-5-13/h1-5,12,14H,6-11H2,(H,17,18)(H,19,20). The van der Waals surface area contributed by atoms with Gasteiger partial charge in [-0.1, -0.05) is 43.2 Å². The third-order valence-corrected chi connectivity index (χ3v) is 3.66. The van der Waals surface area contributed by atoms with Crippen molar-refractivity contribution in [2.75, 3.05) is 0 Å². The molecule has 108 valence electrons. The molecule has 4 heteroatoms. The van der Waals surface area contributed by atoms with Crippen molar-refractivity contribution in [2.45, 2.75) is 44.6 Å². The van der Waals surface area contributed by atoms with Gasteiger partial charge in [0.2, 0.25) is 5.91 Å². The van der Waals surface area contributed by atoms with Crippen LogP contribution in [0.1, 0.15) is 50.1 Å². The first-order valence-corrected chi connectivity index (χ1v) is 7.21. The molecule has 0 aromatic heterocycles. The summed E-state index contributed by atoms with van der Waals surface area (Å²) in [6.07, 6.45) is 4.47. The lowest BCUT2D eigenvalue weighted by Crippen LogP contribution is -2.28. The molecule has 20 heavy (non-hydrogen) atoms. The summed E-state index contributed by atoms with van der Waals surface area (Å²) in [5, 5.41) is 11.8. The van der Waals surface area contributed by atoms with Gasteiger partial charge in [0, 0.05) is 12.8 Å². The molecule has 1 aromatic carbocycles. The Hall–Kier alpha value is -1.84. The Kier molecular flexibility index (Phi) is 5.16. The minimum absolute atomic E-state index is 0.0242. The smallest absolute Gasteiger partial charge is 0.303 e. The normalized spacial score (nSPS) is 15.6. The Morgan fingerprint density at radius 1 is 1.20 bits per heavy atom. The number of nitrogens with one attached hydrogen (secondary N) is 1. The molecule has 0 saturated heterocycles. The fraction of sp³-hybridized carbons (Fsp3) is 0.500. The number of amides is 1. The summed E-state index contributed by atoms with van der Waals surface area (Å²) in [7, 11) is 0. The Labute approximate surface area is 119 Å². The van der Waals surface area contributed by atoms with Crippen LogP contribution in [0.5, 0.6) is 0 Å². The number of carboxylic acids is 1. The van der Waals surface area contributed by atoms with Crippen LogP contribution < -0.4 is 5.32 Å². The molecule has 1 aliphatic carbocycles. The molecule has 0 heterocycles. The zero-order chi connectivity index (χ0) is 14.4. The van der Waals surface area contributed by atoms with Crippen molar-refractivity contribution in [2.24, 2.45) is 5.92 Å². The molecule has 1 amide bonds. The van der Waals surface area contributed by atoms with Crippen LogP contribution in [0, 0.1) is 5.92 Å². The SMILES string of the molecule is O=C(O)CCC(NC(=O)CCC1CC1)c1ccccc1. The number of aliphatic carboxylic acids is 1. The van der Waals surface area contributed by atoms with Gasteiger partial charge in [-0.3, -0.25) is 9.59 Å². The number of benzene rings is 1. The van der Waals surface area contributed by atoms with E-state index in [1.807, 2.05) is 30.3 Å². The Bertz CT molecular complexity index is 454. The van der Waals surface area contributed by atoms with Gasteiger partial charge in [0.25, 0.3) is 0 Å². The lowest BCUT2D eigenvalue weighted by molar-refractivity contribution is -0.137. The molecule has 2 rings (SSSR count). The van der Waals surface area contributed by atoms with Crippen molar-refractivity contribution < 1.29 is 14.7 Å². The average molecular weight is 275 g/mol. The van der Waals surface area contributed by atoms with Crippen LogP contribution in [-0.4, -0.2) is 17.0 Å². The average Bonchev–Trinajstić information content (AvgIpc) is 3.26. The van der Waals surface area contributed by atoms with Crippen LogP contribution in [0.25, 0.3) is 0 Å². The molecule has 1 fully saturated rings. The van der Waals surface area contributed by atoms with E-state index >= 15 is 0 Å². The monoisotopic (exact) mass is 275 g/mol. The molecular weight excluding hydrogens is 254 g/mol. The first-order chi connectivity index (χ1) is 9.65. The van der Waals surface area contributed by atoms with E-state index in [4.69, 9.17) is 5.11 Å². The molecule has 1 atom stereocenters. The largest absolute Gasteiger partial charge is 0.481 e. The molecule has 4 nitrogen and oxygen atoms in total. The lowest BCUT2D eigenvalue weighted by Gasteiger charge is -2.18. The topological polar surface area (TPSA) is 66.4 Å². The van der Waals surface area contributed by atoms with E-state index < -0.39 is 5.97 Å². The summed E-state index contributed by atoms with van der Waals surface area (Å²) in [6, 6.07) is 9.35. The van der Waals surface area contributed by atoms with Crippen molar-refractivity contribution in [3.8, 4) is 0 Å². The van der Waals surface area contributed by atoms with Crippen molar-refractivity contribution in [1.82, 2.24) is 5.32 Å². The van der Waals surface area contributed by atoms with Crippen molar-refractivity contribution in [3.63, 3.8) is 0 Å². The molecule has 1 unspecified atom stereocenters. The molecule has 2 N–H and O–H groups in total. The highest BCUT2D eigenvalue weighted by molar-refractivity contribution is 5.76. The summed E-state index contributed by atoms with van der Waals surface area (Å²) < 4.78 is 0. The second-order valence-electron chi connectivity index (χ2n) is 5.45. The second-order valence-corrected chi connectivity index (χ2v) is 5.45. The highest BCUT2D eigenvalue weighted by Gasteiger charge is 2.23. The van der Waals surface area contributed by atoms with E-state index in [0.717, 1.165) is 17.9 Å². The van der Waals surface area contributed by atoms with Crippen molar-refractivity contribution in [3.05, 3.63) is 35.9 Å². The number of rotatable bonds is 8. The van der Waals surface area contributed by atoms with Crippen LogP contribution in [0.15, 0.2) is 30.3 Å². The fourth-order valence-corrected chi connectivity index (χ4v) is 2.28. The van der Waals surface area contributed by atoms with E-state index in [2.05, 4.69) is 5.32 Å². The van der Waals surface area contributed by atoms with Crippen LogP contribution in [0.2, 0.25) is 0 Å². The van der Waals surface area contributed by atoms with Gasteiger partial charge in [0.15, 0.2) is 0 Å². The van der Waals surface area contributed by atoms with Gasteiger partial charge in [-0.05, 0) is 24.3 Å². The summed E-state index contributed by atoms with van der Waals surface area (Å²) in [5.74, 6) is -0.0794. The molecule has 0 spiro atoms. The zero-order valence-corrected chi connectivity index (χ0v) is 11.5. The van der Waals surface area contributed by atoms with Crippen LogP contribution >= 0.6 is 0 Å².